The van der Waals surface area contributed by atoms with E-state index in [2.05, 4.69) is 0 Å². The van der Waals surface area contributed by atoms with Crippen LogP contribution in [0.15, 0.2) is 0 Å². The maximum absolute atomic E-state index is 13.8. The second-order valence-electron chi connectivity index (χ2n) is 7.83. The van der Waals surface area contributed by atoms with Gasteiger partial charge in [-0.15, -0.1) is 0 Å². The summed E-state index contributed by atoms with van der Waals surface area (Å²) in [6.45, 7) is -2.61. The summed E-state index contributed by atoms with van der Waals surface area (Å²) in [5.74, 6) is -43.7. The Morgan fingerprint density at radius 1 is 0.722 bits per heavy atom. The Morgan fingerprint density at radius 2 is 1.08 bits per heavy atom. The third-order valence-electron chi connectivity index (χ3n) is 4.43. The molecular weight excluding hydrogens is 577 g/mol. The lowest BCUT2D eigenvalue weighted by molar-refractivity contribution is -0.884. The molecule has 0 spiro atoms. The predicted octanol–water partition coefficient (Wildman–Crippen LogP) is 2.45. The van der Waals surface area contributed by atoms with Crippen molar-refractivity contribution in [3.8, 4) is 0 Å². The molecule has 0 fully saturated rings. The molecule has 0 rings (SSSR count). The zero-order chi connectivity index (χ0) is 29.6. The number of likely N-dealkylation sites (N-methyl/N-ethyl adjacent to an activating group) is 1. The molecule has 1 N–H and O–H groups in total. The van der Waals surface area contributed by atoms with Crippen molar-refractivity contribution < 1.29 is 88.7 Å². The molecule has 0 aliphatic carbocycles. The lowest BCUT2D eigenvalue weighted by Crippen LogP contribution is -2.73. The summed E-state index contributed by atoms with van der Waals surface area (Å²) >= 11 is 0. The standard InChI is InChI=1S/C14H15F15N2O4S/c1-31(2,6-7(32)33)5-3-4-30-36(34,35)14(28,29)12(23,24)10(19,20)8(15,16)9(17,18)11(21,22)13(25,26)27/h30H,3-6H2,1-2H3. The molecule has 0 unspecified atom stereocenters. The lowest BCUT2D eigenvalue weighted by atomic mass is 9.94. The number of hydrogen-bond donors (Lipinski definition) is 1. The third kappa shape index (κ3) is 5.58. The van der Waals surface area contributed by atoms with E-state index in [1.807, 2.05) is 0 Å². The van der Waals surface area contributed by atoms with E-state index < -0.39 is 87.6 Å². The Labute approximate surface area is 191 Å². The molecule has 6 nitrogen and oxygen atoms in total. The van der Waals surface area contributed by atoms with Crippen LogP contribution < -0.4 is 9.83 Å². The average Bonchev–Trinajstić information content (AvgIpc) is 2.62. The monoisotopic (exact) mass is 592 g/mol. The summed E-state index contributed by atoms with van der Waals surface area (Å²) in [4.78, 5) is 10.5. The second kappa shape index (κ2) is 9.55. The predicted molar refractivity (Wildman–Crippen MR) is 84.1 cm³/mol. The number of nitrogens with one attached hydrogen (secondary N) is 1. The average molecular weight is 592 g/mol. The highest BCUT2D eigenvalue weighted by molar-refractivity contribution is 7.90. The van der Waals surface area contributed by atoms with Crippen LogP contribution in [0.4, 0.5) is 65.9 Å². The van der Waals surface area contributed by atoms with Crippen LogP contribution in [-0.2, 0) is 14.8 Å². The number of rotatable bonds is 13. The minimum Gasteiger partial charge on any atom is -0.544 e. The first-order valence-electron chi connectivity index (χ1n) is 8.72. The van der Waals surface area contributed by atoms with Crippen LogP contribution in [0.1, 0.15) is 6.42 Å². The van der Waals surface area contributed by atoms with E-state index >= 15 is 0 Å². The lowest BCUT2D eigenvalue weighted by Gasteiger charge is -2.41. The van der Waals surface area contributed by atoms with Crippen molar-refractivity contribution in [2.45, 2.75) is 47.5 Å². The largest absolute Gasteiger partial charge is 0.544 e. The van der Waals surface area contributed by atoms with Gasteiger partial charge in [-0.25, -0.2) is 13.1 Å². The molecule has 0 heterocycles. The van der Waals surface area contributed by atoms with Gasteiger partial charge in [-0.3, -0.25) is 0 Å². The van der Waals surface area contributed by atoms with E-state index in [0.29, 0.717) is 4.72 Å². The summed E-state index contributed by atoms with van der Waals surface area (Å²) in [6, 6.07) is 0. The highest BCUT2D eigenvalue weighted by Crippen LogP contribution is 2.62. The maximum atomic E-state index is 13.8. The molecular formula is C14H15F15N2O4S. The van der Waals surface area contributed by atoms with E-state index in [0.717, 1.165) is 14.1 Å². The van der Waals surface area contributed by atoms with Gasteiger partial charge >= 0.3 is 41.0 Å². The minimum atomic E-state index is -8.60. The fourth-order valence-electron chi connectivity index (χ4n) is 2.35. The van der Waals surface area contributed by atoms with Crippen molar-refractivity contribution in [1.82, 2.24) is 4.72 Å². The molecule has 0 radical (unpaired) electrons. The number of aliphatic carboxylic acids is 1. The molecule has 22 heteroatoms. The van der Waals surface area contributed by atoms with E-state index in [-0.39, 0.29) is 0 Å². The van der Waals surface area contributed by atoms with Gasteiger partial charge in [-0.2, -0.15) is 65.9 Å². The molecule has 0 bridgehead atoms. The number of sulfonamides is 1. The van der Waals surface area contributed by atoms with Crippen LogP contribution >= 0.6 is 0 Å². The van der Waals surface area contributed by atoms with Gasteiger partial charge in [0.1, 0.15) is 6.54 Å². The van der Waals surface area contributed by atoms with Gasteiger partial charge < -0.3 is 14.4 Å². The zero-order valence-corrected chi connectivity index (χ0v) is 18.3. The van der Waals surface area contributed by atoms with Gasteiger partial charge in [0.2, 0.25) is 0 Å². The second-order valence-corrected chi connectivity index (χ2v) is 9.64. The topological polar surface area (TPSA) is 86.3 Å². The smallest absolute Gasteiger partial charge is 0.460 e. The highest BCUT2D eigenvalue weighted by atomic mass is 32.2. The van der Waals surface area contributed by atoms with Crippen LogP contribution in [0.25, 0.3) is 0 Å². The Morgan fingerprint density at radius 3 is 1.44 bits per heavy atom. The number of nitrogens with zero attached hydrogens (tertiary/aromatic N) is 1. The van der Waals surface area contributed by atoms with E-state index in [1.54, 1.807) is 0 Å². The van der Waals surface area contributed by atoms with Gasteiger partial charge in [0.05, 0.1) is 26.6 Å². The Balaban J connectivity index is 6.15. The first-order valence-corrected chi connectivity index (χ1v) is 10.2. The molecule has 36 heavy (non-hydrogen) atoms. The Hall–Kier alpha value is -1.71. The van der Waals surface area contributed by atoms with Crippen molar-refractivity contribution in [3.63, 3.8) is 0 Å². The van der Waals surface area contributed by atoms with E-state index in [1.165, 1.54) is 0 Å². The summed E-state index contributed by atoms with van der Waals surface area (Å²) in [5, 5.41) is 3.00. The summed E-state index contributed by atoms with van der Waals surface area (Å²) < 4.78 is 220. The number of hydrogen-bond acceptors (Lipinski definition) is 4. The molecule has 0 aliphatic heterocycles. The number of carboxylic acids is 1. The first-order chi connectivity index (χ1) is 15.4. The number of quaternary nitrogens is 1. The zero-order valence-electron chi connectivity index (χ0n) is 17.5. The first kappa shape index (κ1) is 34.3. The number of carboxylic acid groups (broad SMARTS) is 1. The van der Waals surface area contributed by atoms with Crippen LogP contribution in [-0.4, -0.2) is 93.6 Å². The molecule has 0 aromatic carbocycles. The van der Waals surface area contributed by atoms with Crippen molar-refractivity contribution in [1.29, 1.82) is 0 Å². The number of alkyl halides is 15. The van der Waals surface area contributed by atoms with Crippen molar-refractivity contribution in [2.75, 3.05) is 33.7 Å². The van der Waals surface area contributed by atoms with Gasteiger partial charge in [0.25, 0.3) is 10.0 Å². The molecule has 0 saturated heterocycles. The van der Waals surface area contributed by atoms with Crippen molar-refractivity contribution in [2.24, 2.45) is 0 Å². The Bertz CT molecular complexity index is 916. The van der Waals surface area contributed by atoms with Crippen LogP contribution in [0.3, 0.4) is 0 Å². The molecule has 216 valence electrons. The van der Waals surface area contributed by atoms with E-state index in [9.17, 15) is 84.2 Å². The fraction of sp³-hybridized carbons (Fsp3) is 0.929. The normalized spacial score (nSPS) is 15.8. The fourth-order valence-corrected chi connectivity index (χ4v) is 3.41. The molecule has 0 atom stereocenters. The van der Waals surface area contributed by atoms with E-state index in [4.69, 9.17) is 0 Å². The summed E-state index contributed by atoms with van der Waals surface area (Å²) in [6.07, 6.45) is -8.49. The van der Waals surface area contributed by atoms with Crippen LogP contribution in [0.5, 0.6) is 0 Å². The van der Waals surface area contributed by atoms with Gasteiger partial charge in [0.15, 0.2) is 0 Å². The van der Waals surface area contributed by atoms with Crippen LogP contribution in [0.2, 0.25) is 0 Å². The summed E-state index contributed by atoms with van der Waals surface area (Å²) in [7, 11) is -4.96. The quantitative estimate of drug-likeness (QED) is 0.203. The van der Waals surface area contributed by atoms with Gasteiger partial charge in [0, 0.05) is 13.0 Å². The summed E-state index contributed by atoms with van der Waals surface area (Å²) in [5.41, 5.74) is 0. The molecule has 0 aromatic rings. The molecule has 0 aliphatic rings. The van der Waals surface area contributed by atoms with Gasteiger partial charge in [-0.05, 0) is 0 Å². The number of carbonyl (C=O) groups is 1. The molecule has 0 amide bonds. The van der Waals surface area contributed by atoms with Crippen LogP contribution in [0, 0.1) is 0 Å². The number of halogens is 15. The number of carbonyl (C=O) groups excluding carboxylic acids is 1. The van der Waals surface area contributed by atoms with Crippen molar-refractivity contribution >= 4 is 16.0 Å². The minimum absolute atomic E-state index is 0.453. The third-order valence-corrected chi connectivity index (χ3v) is 5.94. The molecule has 0 aromatic heterocycles. The molecule has 0 saturated carbocycles. The Kier molecular flexibility index (Phi) is 9.10. The van der Waals surface area contributed by atoms with Gasteiger partial charge in [-0.1, -0.05) is 0 Å². The SMILES string of the molecule is C[N+](C)(CCCNS(=O)(=O)C(F)(F)C(F)(F)C(F)(F)C(F)(F)C(F)(F)C(F)(F)C(F)(F)F)CC(=O)[O-]. The maximum Gasteiger partial charge on any atom is 0.460 e. The van der Waals surface area contributed by atoms with Crippen molar-refractivity contribution in [3.05, 3.63) is 0 Å². The highest BCUT2D eigenvalue weighted by Gasteiger charge is 2.94.